The molecule has 1 aliphatic rings. The molecule has 0 amide bonds. The van der Waals surface area contributed by atoms with Gasteiger partial charge in [-0.25, -0.2) is 9.97 Å². The fourth-order valence-corrected chi connectivity index (χ4v) is 2.84. The molecule has 1 atom stereocenters. The van der Waals surface area contributed by atoms with E-state index in [2.05, 4.69) is 29.1 Å². The van der Waals surface area contributed by atoms with Gasteiger partial charge in [0.2, 0.25) is 0 Å². The first-order valence-corrected chi connectivity index (χ1v) is 7.08. The van der Waals surface area contributed by atoms with Gasteiger partial charge in [-0.05, 0) is 32.1 Å². The maximum absolute atomic E-state index is 5.95. The zero-order valence-corrected chi connectivity index (χ0v) is 11.4. The van der Waals surface area contributed by atoms with E-state index in [0.717, 1.165) is 30.1 Å². The summed E-state index contributed by atoms with van der Waals surface area (Å²) >= 11 is 0. The van der Waals surface area contributed by atoms with Gasteiger partial charge in [0.05, 0.1) is 0 Å². The van der Waals surface area contributed by atoms with Crippen LogP contribution in [-0.2, 0) is 6.42 Å². The number of anilines is 2. The average Bonchev–Trinajstić information content (AvgIpc) is 2.87. The van der Waals surface area contributed by atoms with Crippen LogP contribution in [-0.4, -0.2) is 16.0 Å². The Morgan fingerprint density at radius 2 is 2.11 bits per heavy atom. The van der Waals surface area contributed by atoms with Gasteiger partial charge in [-0.3, -0.25) is 0 Å². The van der Waals surface area contributed by atoms with Gasteiger partial charge in [0, 0.05) is 11.6 Å². The highest BCUT2D eigenvalue weighted by Gasteiger charge is 2.22. The van der Waals surface area contributed by atoms with Crippen molar-refractivity contribution in [1.29, 1.82) is 0 Å². The molecular weight excluding hydrogens is 224 g/mol. The minimum Gasteiger partial charge on any atom is -0.383 e. The number of aromatic nitrogens is 2. The molecule has 0 spiro atoms. The van der Waals surface area contributed by atoms with Crippen LogP contribution >= 0.6 is 0 Å². The van der Waals surface area contributed by atoms with Crippen molar-refractivity contribution in [3.8, 4) is 0 Å². The normalized spacial score (nSPS) is 17.9. The zero-order valence-electron chi connectivity index (χ0n) is 11.4. The lowest BCUT2D eigenvalue weighted by Gasteiger charge is -2.22. The number of nitrogen functional groups attached to an aromatic ring is 1. The minimum absolute atomic E-state index is 0.470. The van der Waals surface area contributed by atoms with E-state index in [0.29, 0.717) is 11.9 Å². The van der Waals surface area contributed by atoms with Crippen LogP contribution in [0.4, 0.5) is 11.6 Å². The van der Waals surface area contributed by atoms with Crippen LogP contribution in [0.5, 0.6) is 0 Å². The molecule has 1 aliphatic carbocycles. The molecule has 1 saturated carbocycles. The summed E-state index contributed by atoms with van der Waals surface area (Å²) in [7, 11) is 0. The fraction of sp³-hybridized carbons (Fsp3) is 0.714. The molecule has 0 aromatic carbocycles. The van der Waals surface area contributed by atoms with Gasteiger partial charge in [-0.2, -0.15) is 0 Å². The molecule has 0 aliphatic heterocycles. The maximum Gasteiger partial charge on any atom is 0.134 e. The average molecular weight is 248 g/mol. The van der Waals surface area contributed by atoms with Crippen molar-refractivity contribution in [1.82, 2.24) is 9.97 Å². The van der Waals surface area contributed by atoms with Gasteiger partial charge >= 0.3 is 0 Å². The number of hydrogen-bond donors (Lipinski definition) is 2. The molecule has 1 heterocycles. The predicted molar refractivity (Wildman–Crippen MR) is 75.5 cm³/mol. The molecule has 3 N–H and O–H groups in total. The molecule has 0 bridgehead atoms. The largest absolute Gasteiger partial charge is 0.383 e. The van der Waals surface area contributed by atoms with Gasteiger partial charge < -0.3 is 11.1 Å². The molecule has 2 rings (SSSR count). The summed E-state index contributed by atoms with van der Waals surface area (Å²) in [5.41, 5.74) is 7.02. The molecular formula is C14H24N4. The van der Waals surface area contributed by atoms with Gasteiger partial charge in [0.25, 0.3) is 0 Å². The number of rotatable bonds is 5. The Morgan fingerprint density at radius 1 is 1.39 bits per heavy atom. The highest BCUT2D eigenvalue weighted by atomic mass is 15.1. The van der Waals surface area contributed by atoms with Crippen molar-refractivity contribution < 1.29 is 0 Å². The minimum atomic E-state index is 0.470. The van der Waals surface area contributed by atoms with E-state index in [-0.39, 0.29) is 0 Å². The predicted octanol–water partition coefficient (Wildman–Crippen LogP) is 3.00. The highest BCUT2D eigenvalue weighted by molar-refractivity contribution is 5.55. The fourth-order valence-electron chi connectivity index (χ4n) is 2.84. The Hall–Kier alpha value is -1.32. The monoisotopic (exact) mass is 248 g/mol. The van der Waals surface area contributed by atoms with E-state index in [9.17, 15) is 0 Å². The Morgan fingerprint density at radius 3 is 2.78 bits per heavy atom. The summed E-state index contributed by atoms with van der Waals surface area (Å²) in [6.45, 7) is 4.40. The quantitative estimate of drug-likeness (QED) is 0.840. The van der Waals surface area contributed by atoms with Crippen molar-refractivity contribution in [2.45, 2.75) is 58.4 Å². The number of nitrogens with one attached hydrogen (secondary N) is 1. The number of hydrogen-bond acceptors (Lipinski definition) is 4. The van der Waals surface area contributed by atoms with Crippen molar-refractivity contribution in [3.63, 3.8) is 0 Å². The highest BCUT2D eigenvalue weighted by Crippen LogP contribution is 2.30. The first kappa shape index (κ1) is 13.1. The second-order valence-electron chi connectivity index (χ2n) is 5.31. The second kappa shape index (κ2) is 6.03. The van der Waals surface area contributed by atoms with Crippen LogP contribution in [0.1, 0.15) is 51.5 Å². The summed E-state index contributed by atoms with van der Waals surface area (Å²) in [5.74, 6) is 2.33. The van der Waals surface area contributed by atoms with Crippen molar-refractivity contribution in [3.05, 3.63) is 11.9 Å². The van der Waals surface area contributed by atoms with Gasteiger partial charge in [-0.15, -0.1) is 0 Å². The smallest absolute Gasteiger partial charge is 0.134 e. The van der Waals surface area contributed by atoms with Crippen LogP contribution < -0.4 is 11.1 Å². The first-order valence-electron chi connectivity index (χ1n) is 7.08. The van der Waals surface area contributed by atoms with Crippen LogP contribution in [0.3, 0.4) is 0 Å². The Bertz CT molecular complexity index is 385. The molecule has 0 radical (unpaired) electrons. The van der Waals surface area contributed by atoms with Crippen molar-refractivity contribution in [2.24, 2.45) is 5.92 Å². The third-order valence-corrected chi connectivity index (χ3v) is 3.95. The number of nitrogens with zero attached hydrogens (tertiary/aromatic N) is 2. The van der Waals surface area contributed by atoms with Gasteiger partial charge in [-0.1, -0.05) is 26.2 Å². The molecule has 1 unspecified atom stereocenters. The summed E-state index contributed by atoms with van der Waals surface area (Å²) in [5, 5.41) is 3.55. The van der Waals surface area contributed by atoms with E-state index in [1.165, 1.54) is 25.7 Å². The van der Waals surface area contributed by atoms with Crippen LogP contribution in [0.25, 0.3) is 0 Å². The first-order chi connectivity index (χ1) is 8.72. The molecule has 4 heteroatoms. The second-order valence-corrected chi connectivity index (χ2v) is 5.31. The lowest BCUT2D eigenvalue weighted by molar-refractivity contribution is 0.480. The van der Waals surface area contributed by atoms with Crippen molar-refractivity contribution >= 4 is 11.6 Å². The SMILES string of the molecule is CCCc1c(N)ncnc1NC(C)C1CCCC1. The molecule has 1 fully saturated rings. The molecule has 18 heavy (non-hydrogen) atoms. The molecule has 100 valence electrons. The summed E-state index contributed by atoms with van der Waals surface area (Å²) in [6.07, 6.45) is 8.94. The third kappa shape index (κ3) is 2.92. The van der Waals surface area contributed by atoms with Crippen molar-refractivity contribution in [2.75, 3.05) is 11.1 Å². The lowest BCUT2D eigenvalue weighted by Crippen LogP contribution is -2.25. The lowest BCUT2D eigenvalue weighted by atomic mass is 9.99. The Kier molecular flexibility index (Phi) is 4.39. The van der Waals surface area contributed by atoms with Crippen LogP contribution in [0, 0.1) is 5.92 Å². The van der Waals surface area contributed by atoms with Crippen LogP contribution in [0.2, 0.25) is 0 Å². The van der Waals surface area contributed by atoms with Crippen LogP contribution in [0.15, 0.2) is 6.33 Å². The molecule has 4 nitrogen and oxygen atoms in total. The number of nitrogens with two attached hydrogens (primary N) is 1. The topological polar surface area (TPSA) is 63.8 Å². The van der Waals surface area contributed by atoms with E-state index < -0.39 is 0 Å². The summed E-state index contributed by atoms with van der Waals surface area (Å²) < 4.78 is 0. The van der Waals surface area contributed by atoms with E-state index in [4.69, 9.17) is 5.73 Å². The van der Waals surface area contributed by atoms with E-state index in [1.54, 1.807) is 6.33 Å². The Labute approximate surface area is 109 Å². The third-order valence-electron chi connectivity index (χ3n) is 3.95. The molecule has 0 saturated heterocycles. The Balaban J connectivity index is 2.09. The van der Waals surface area contributed by atoms with E-state index in [1.807, 2.05) is 0 Å². The summed E-state index contributed by atoms with van der Waals surface area (Å²) in [4.78, 5) is 8.46. The van der Waals surface area contributed by atoms with Gasteiger partial charge in [0.15, 0.2) is 0 Å². The van der Waals surface area contributed by atoms with Gasteiger partial charge in [0.1, 0.15) is 18.0 Å². The standard InChI is InChI=1S/C14H24N4/c1-3-6-12-13(15)16-9-17-14(12)18-10(2)11-7-4-5-8-11/h9-11H,3-8H2,1-2H3,(H3,15,16,17,18). The van der Waals surface area contributed by atoms with E-state index >= 15 is 0 Å². The molecule has 1 aromatic heterocycles. The maximum atomic E-state index is 5.95. The zero-order chi connectivity index (χ0) is 13.0. The summed E-state index contributed by atoms with van der Waals surface area (Å²) in [6, 6.07) is 0.470. The molecule has 1 aromatic rings.